The molecule has 0 spiro atoms. The van der Waals surface area contributed by atoms with Gasteiger partial charge in [0.05, 0.1) is 5.37 Å². The molecule has 1 saturated heterocycles. The normalized spacial score (nSPS) is 32.1. The van der Waals surface area contributed by atoms with Crippen molar-refractivity contribution in [1.29, 1.82) is 0 Å². The van der Waals surface area contributed by atoms with Crippen molar-refractivity contribution in [2.75, 3.05) is 0 Å². The highest BCUT2D eigenvalue weighted by Crippen LogP contribution is 2.30. The third kappa shape index (κ3) is 1.78. The Bertz CT molecular complexity index is 237. The van der Waals surface area contributed by atoms with E-state index < -0.39 is 0 Å². The molecule has 1 aliphatic heterocycles. The molecule has 0 aromatic rings. The minimum absolute atomic E-state index is 0.00264. The van der Waals surface area contributed by atoms with Gasteiger partial charge in [0.25, 0.3) is 5.91 Å². The van der Waals surface area contributed by atoms with Crippen molar-refractivity contribution in [3.8, 4) is 0 Å². The first-order valence-electron chi connectivity index (χ1n) is 4.01. The largest absolute Gasteiger partial charge is 0.272 e. The third-order valence-corrected chi connectivity index (χ3v) is 2.61. The van der Waals surface area contributed by atoms with E-state index in [1.54, 1.807) is 0 Å². The Morgan fingerprint density at radius 3 is 3.00 bits per heavy atom. The van der Waals surface area contributed by atoms with E-state index in [1.165, 1.54) is 11.8 Å². The van der Waals surface area contributed by atoms with Crippen LogP contribution in [0.1, 0.15) is 19.8 Å². The quantitative estimate of drug-likeness (QED) is 0.645. The molecule has 2 fully saturated rings. The molecule has 1 saturated carbocycles. The SMILES string of the molecule is CC1N[N]C(=NC(=O)C2CC2)S1. The lowest BCUT2D eigenvalue weighted by atomic mass is 10.4. The highest BCUT2D eigenvalue weighted by atomic mass is 32.2. The zero-order valence-electron chi connectivity index (χ0n) is 6.78. The van der Waals surface area contributed by atoms with Crippen molar-refractivity contribution >= 4 is 22.8 Å². The topological polar surface area (TPSA) is 55.6 Å². The first-order chi connectivity index (χ1) is 5.75. The average Bonchev–Trinajstić information content (AvgIpc) is 2.78. The van der Waals surface area contributed by atoms with E-state index in [2.05, 4.69) is 15.8 Å². The summed E-state index contributed by atoms with van der Waals surface area (Å²) in [7, 11) is 0. The van der Waals surface area contributed by atoms with Crippen molar-refractivity contribution in [2.45, 2.75) is 25.1 Å². The number of amidine groups is 1. The third-order valence-electron chi connectivity index (χ3n) is 1.76. The maximum absolute atomic E-state index is 11.2. The molecule has 65 valence electrons. The van der Waals surface area contributed by atoms with Gasteiger partial charge in [0.15, 0.2) is 0 Å². The summed E-state index contributed by atoms with van der Waals surface area (Å²) in [6.07, 6.45) is 2.01. The van der Waals surface area contributed by atoms with Gasteiger partial charge in [-0.15, -0.1) is 0 Å². The van der Waals surface area contributed by atoms with Crippen molar-refractivity contribution < 1.29 is 4.79 Å². The molecular formula is C7H10N3OS. The lowest BCUT2D eigenvalue weighted by Gasteiger charge is -1.91. The van der Waals surface area contributed by atoms with E-state index >= 15 is 0 Å². The zero-order chi connectivity index (χ0) is 8.55. The first kappa shape index (κ1) is 8.07. The van der Waals surface area contributed by atoms with Crippen molar-refractivity contribution in [3.05, 3.63) is 0 Å². The minimum atomic E-state index is -0.00264. The van der Waals surface area contributed by atoms with Crippen molar-refractivity contribution in [3.63, 3.8) is 0 Å². The second-order valence-electron chi connectivity index (χ2n) is 3.01. The summed E-state index contributed by atoms with van der Waals surface area (Å²) in [6.45, 7) is 1.98. The van der Waals surface area contributed by atoms with Crippen LogP contribution >= 0.6 is 11.8 Å². The number of amides is 1. The fraction of sp³-hybridized carbons (Fsp3) is 0.714. The van der Waals surface area contributed by atoms with Gasteiger partial charge >= 0.3 is 0 Å². The molecule has 2 rings (SSSR count). The van der Waals surface area contributed by atoms with Crippen LogP contribution in [0.5, 0.6) is 0 Å². The van der Waals surface area contributed by atoms with Gasteiger partial charge in [-0.05, 0) is 19.8 Å². The van der Waals surface area contributed by atoms with Crippen LogP contribution in [-0.4, -0.2) is 16.4 Å². The maximum atomic E-state index is 11.2. The second kappa shape index (κ2) is 3.06. The van der Waals surface area contributed by atoms with E-state index in [0.29, 0.717) is 5.17 Å². The molecule has 2 aliphatic rings. The molecule has 1 aliphatic carbocycles. The number of thioether (sulfide) groups is 1. The number of carbonyl (C=O) groups excluding carboxylic acids is 1. The highest BCUT2D eigenvalue weighted by Gasteiger charge is 2.30. The fourth-order valence-electron chi connectivity index (χ4n) is 0.924. The van der Waals surface area contributed by atoms with E-state index in [1.807, 2.05) is 6.92 Å². The van der Waals surface area contributed by atoms with Gasteiger partial charge in [-0.3, -0.25) is 4.79 Å². The number of hydrogen-bond acceptors (Lipinski definition) is 3. The van der Waals surface area contributed by atoms with Crippen molar-refractivity contribution in [2.24, 2.45) is 10.9 Å². The first-order valence-corrected chi connectivity index (χ1v) is 4.89. The monoisotopic (exact) mass is 184 g/mol. The van der Waals surface area contributed by atoms with Gasteiger partial charge in [-0.2, -0.15) is 15.8 Å². The van der Waals surface area contributed by atoms with Gasteiger partial charge in [0, 0.05) is 5.92 Å². The summed E-state index contributed by atoms with van der Waals surface area (Å²) >= 11 is 1.49. The lowest BCUT2D eigenvalue weighted by Crippen LogP contribution is -2.23. The average molecular weight is 184 g/mol. The summed E-state index contributed by atoms with van der Waals surface area (Å²) in [5.41, 5.74) is 6.75. The number of nitrogens with zero attached hydrogens (tertiary/aromatic N) is 2. The number of nitrogens with one attached hydrogen (secondary N) is 1. The Labute approximate surface area is 75.2 Å². The van der Waals surface area contributed by atoms with Crippen LogP contribution in [0, 0.1) is 5.92 Å². The predicted molar refractivity (Wildman–Crippen MR) is 47.5 cm³/mol. The van der Waals surface area contributed by atoms with E-state index in [0.717, 1.165) is 12.8 Å². The Balaban J connectivity index is 1.93. The number of hydrogen-bond donors (Lipinski definition) is 1. The molecular weight excluding hydrogens is 174 g/mol. The van der Waals surface area contributed by atoms with Crippen LogP contribution in [0.3, 0.4) is 0 Å². The number of rotatable bonds is 1. The molecule has 0 aromatic heterocycles. The number of carbonyl (C=O) groups is 1. The fourth-order valence-corrected chi connectivity index (χ4v) is 1.59. The summed E-state index contributed by atoms with van der Waals surface area (Å²) in [6, 6.07) is 0. The molecule has 4 nitrogen and oxygen atoms in total. The van der Waals surface area contributed by atoms with Crippen LogP contribution in [0.4, 0.5) is 0 Å². The molecule has 1 heterocycles. The lowest BCUT2D eigenvalue weighted by molar-refractivity contribution is -0.118. The van der Waals surface area contributed by atoms with E-state index in [4.69, 9.17) is 0 Å². The molecule has 1 unspecified atom stereocenters. The van der Waals surface area contributed by atoms with Gasteiger partial charge in [-0.1, -0.05) is 11.8 Å². The van der Waals surface area contributed by atoms with Crippen LogP contribution in [0.25, 0.3) is 0 Å². The Kier molecular flexibility index (Phi) is 2.06. The molecule has 12 heavy (non-hydrogen) atoms. The Morgan fingerprint density at radius 1 is 1.75 bits per heavy atom. The summed E-state index contributed by atoms with van der Waals surface area (Å²) in [5.74, 6) is 0.196. The minimum Gasteiger partial charge on any atom is -0.272 e. The van der Waals surface area contributed by atoms with Gasteiger partial charge in [0.1, 0.15) is 0 Å². The van der Waals surface area contributed by atoms with E-state index in [9.17, 15) is 4.79 Å². The van der Waals surface area contributed by atoms with Crippen LogP contribution in [0.2, 0.25) is 0 Å². The van der Waals surface area contributed by atoms with Crippen LogP contribution < -0.4 is 10.9 Å². The zero-order valence-corrected chi connectivity index (χ0v) is 7.60. The second-order valence-corrected chi connectivity index (χ2v) is 4.32. The summed E-state index contributed by atoms with van der Waals surface area (Å²) in [5, 5.41) is 0.829. The smallest absolute Gasteiger partial charge is 0.251 e. The molecule has 5 heteroatoms. The van der Waals surface area contributed by atoms with E-state index in [-0.39, 0.29) is 17.2 Å². The van der Waals surface area contributed by atoms with Crippen LogP contribution in [-0.2, 0) is 4.79 Å². The maximum Gasteiger partial charge on any atom is 0.251 e. The Morgan fingerprint density at radius 2 is 2.50 bits per heavy atom. The molecule has 0 aromatic carbocycles. The van der Waals surface area contributed by atoms with Crippen LogP contribution in [0.15, 0.2) is 4.99 Å². The summed E-state index contributed by atoms with van der Waals surface area (Å²) < 4.78 is 0. The van der Waals surface area contributed by atoms with Gasteiger partial charge < -0.3 is 0 Å². The standard InChI is InChI=1S/C7H10N3OS/c1-4-9-10-7(12-4)8-6(11)5-2-3-5/h4-5,9H,2-3H2,1H3. The Hall–Kier alpha value is -0.550. The van der Waals surface area contributed by atoms with Gasteiger partial charge in [0.2, 0.25) is 5.17 Å². The molecule has 1 radical (unpaired) electrons. The molecule has 0 bridgehead atoms. The number of aliphatic imine (C=N–C) groups is 1. The molecule has 1 amide bonds. The molecule has 1 N–H and O–H groups in total. The molecule has 1 atom stereocenters. The van der Waals surface area contributed by atoms with Crippen molar-refractivity contribution in [1.82, 2.24) is 10.9 Å². The predicted octanol–water partition coefficient (Wildman–Crippen LogP) is 0.481. The summed E-state index contributed by atoms with van der Waals surface area (Å²) in [4.78, 5) is 15.1. The highest BCUT2D eigenvalue weighted by molar-refractivity contribution is 8.14. The van der Waals surface area contributed by atoms with Gasteiger partial charge in [-0.25, -0.2) is 0 Å².